The minimum Gasteiger partial charge on any atom is -0.457 e. The lowest BCUT2D eigenvalue weighted by molar-refractivity contribution is -0.153. The average molecular weight is 875 g/mol. The fourth-order valence-electron chi connectivity index (χ4n) is 5.73. The van der Waals surface area contributed by atoms with Crippen LogP contribution in [-0.2, 0) is 32.7 Å². The molecule has 61 heavy (non-hydrogen) atoms. The van der Waals surface area contributed by atoms with E-state index in [0.29, 0.717) is 12.8 Å². The van der Waals surface area contributed by atoms with E-state index in [-0.39, 0.29) is 12.8 Å². The van der Waals surface area contributed by atoms with Gasteiger partial charge in [0.15, 0.2) is 0 Å². The number of carbonyl (C=O) groups is 2. The molecule has 0 bridgehead atoms. The standard InChI is InChI=1S/C50H83O10P/c1-3-5-7-9-11-13-15-17-19-21-23-25-27-29-31-33-35-37-39-41-49(53)59-47(43-51)45-57-61(55,56)58-46-48(44-52)60-50(54)42-40-38-36-34-32-30-28-26-24-22-20-18-16-14-12-10-8-6-4-2/h5,7,11-14,17-20,23-26,29,31,47-48,51-52H,3-4,6,8-10,15-16,21-22,27-28,30,32-46H2,1-2H3,(H,55,56)/b7-5-,13-11-,14-12-,19-17-,20-18-,25-23-,26-24-,31-29-. The number of phosphoric acid groups is 1. The molecule has 0 aromatic carbocycles. The SMILES string of the molecule is CC/C=C\C/C=C\C/C=C\C/C=C\C/C=C\CCCCCC(=O)OC(CO)COP(=O)(O)OCC(CO)OC(=O)CCCCCCCC/C=C\C/C=C\C/C=C\CCCCC. The summed E-state index contributed by atoms with van der Waals surface area (Å²) in [5.41, 5.74) is 0. The van der Waals surface area contributed by atoms with E-state index in [1.165, 1.54) is 25.7 Å². The van der Waals surface area contributed by atoms with Crippen molar-refractivity contribution < 1.29 is 47.8 Å². The number of unbranched alkanes of at least 4 members (excludes halogenated alkanes) is 12. The Hall–Kier alpha value is -3.11. The van der Waals surface area contributed by atoms with Crippen molar-refractivity contribution in [1.82, 2.24) is 0 Å². The van der Waals surface area contributed by atoms with Crippen molar-refractivity contribution in [3.05, 3.63) is 97.2 Å². The topological polar surface area (TPSA) is 149 Å². The summed E-state index contributed by atoms with van der Waals surface area (Å²) in [6.07, 6.45) is 55.1. The van der Waals surface area contributed by atoms with E-state index in [2.05, 4.69) is 111 Å². The van der Waals surface area contributed by atoms with Crippen LogP contribution in [0, 0.1) is 0 Å². The van der Waals surface area contributed by atoms with E-state index in [4.69, 9.17) is 18.5 Å². The first-order chi connectivity index (χ1) is 29.8. The third-order valence-corrected chi connectivity index (χ3v) is 10.2. The lowest BCUT2D eigenvalue weighted by Crippen LogP contribution is -2.28. The molecule has 0 heterocycles. The maximum atomic E-state index is 12.4. The molecule has 0 aromatic rings. The number of phosphoric ester groups is 1. The van der Waals surface area contributed by atoms with Gasteiger partial charge in [-0.3, -0.25) is 18.6 Å². The van der Waals surface area contributed by atoms with Crippen molar-refractivity contribution >= 4 is 19.8 Å². The number of hydrogen-bond acceptors (Lipinski definition) is 9. The molecule has 10 nitrogen and oxygen atoms in total. The zero-order valence-corrected chi connectivity index (χ0v) is 38.7. The summed E-state index contributed by atoms with van der Waals surface area (Å²) in [6, 6.07) is 0. The molecular formula is C50H83O10P. The van der Waals surface area contributed by atoms with Crippen molar-refractivity contribution in [3.63, 3.8) is 0 Å². The molecule has 0 aromatic heterocycles. The van der Waals surface area contributed by atoms with Crippen LogP contribution in [0.5, 0.6) is 0 Å². The molecule has 0 rings (SSSR count). The Morgan fingerprint density at radius 1 is 0.459 bits per heavy atom. The molecule has 0 spiro atoms. The van der Waals surface area contributed by atoms with Crippen LogP contribution in [0.1, 0.15) is 168 Å². The van der Waals surface area contributed by atoms with Crippen LogP contribution >= 0.6 is 7.82 Å². The Morgan fingerprint density at radius 3 is 1.13 bits per heavy atom. The normalized spacial score (nSPS) is 14.6. The first-order valence-corrected chi connectivity index (χ1v) is 24.7. The third kappa shape index (κ3) is 43.3. The van der Waals surface area contributed by atoms with E-state index in [9.17, 15) is 29.3 Å². The monoisotopic (exact) mass is 875 g/mol. The molecule has 0 amide bonds. The molecule has 0 aliphatic rings. The van der Waals surface area contributed by atoms with Gasteiger partial charge in [-0.25, -0.2) is 4.57 Å². The summed E-state index contributed by atoms with van der Waals surface area (Å²) in [7, 11) is -4.66. The predicted molar refractivity (Wildman–Crippen MR) is 251 cm³/mol. The van der Waals surface area contributed by atoms with Crippen LogP contribution in [0.15, 0.2) is 97.2 Å². The van der Waals surface area contributed by atoms with Gasteiger partial charge < -0.3 is 24.6 Å². The van der Waals surface area contributed by atoms with Crippen LogP contribution in [0.2, 0.25) is 0 Å². The van der Waals surface area contributed by atoms with Gasteiger partial charge in [-0.1, -0.05) is 156 Å². The van der Waals surface area contributed by atoms with Gasteiger partial charge in [0.05, 0.1) is 26.4 Å². The molecule has 3 N–H and O–H groups in total. The smallest absolute Gasteiger partial charge is 0.457 e. The number of ether oxygens (including phenoxy) is 2. The summed E-state index contributed by atoms with van der Waals surface area (Å²) in [5, 5.41) is 19.2. The lowest BCUT2D eigenvalue weighted by Gasteiger charge is -2.20. The molecule has 0 fully saturated rings. The fourth-order valence-corrected chi connectivity index (χ4v) is 6.52. The minimum absolute atomic E-state index is 0.146. The van der Waals surface area contributed by atoms with E-state index >= 15 is 0 Å². The lowest BCUT2D eigenvalue weighted by atomic mass is 10.1. The van der Waals surface area contributed by atoms with E-state index in [0.717, 1.165) is 103 Å². The van der Waals surface area contributed by atoms with Gasteiger partial charge in [0.1, 0.15) is 12.2 Å². The first-order valence-electron chi connectivity index (χ1n) is 23.2. The Balaban J connectivity index is 3.99. The van der Waals surface area contributed by atoms with Crippen LogP contribution in [0.3, 0.4) is 0 Å². The van der Waals surface area contributed by atoms with E-state index < -0.39 is 58.4 Å². The molecule has 3 unspecified atom stereocenters. The summed E-state index contributed by atoms with van der Waals surface area (Å²) in [4.78, 5) is 34.6. The maximum absolute atomic E-state index is 12.4. The second-order valence-electron chi connectivity index (χ2n) is 15.0. The highest BCUT2D eigenvalue weighted by Gasteiger charge is 2.27. The van der Waals surface area contributed by atoms with Gasteiger partial charge in [0.25, 0.3) is 0 Å². The van der Waals surface area contributed by atoms with Gasteiger partial charge in [0, 0.05) is 12.8 Å². The van der Waals surface area contributed by atoms with Gasteiger partial charge in [-0.2, -0.15) is 0 Å². The summed E-state index contributed by atoms with van der Waals surface area (Å²) in [5.74, 6) is -1.07. The predicted octanol–water partition coefficient (Wildman–Crippen LogP) is 12.8. The second-order valence-corrected chi connectivity index (χ2v) is 16.5. The van der Waals surface area contributed by atoms with Crippen LogP contribution in [-0.4, -0.2) is 65.7 Å². The van der Waals surface area contributed by atoms with Gasteiger partial charge in [-0.15, -0.1) is 0 Å². The zero-order valence-electron chi connectivity index (χ0n) is 37.8. The summed E-state index contributed by atoms with van der Waals surface area (Å²) in [6.45, 7) is 2.00. The second kappa shape index (κ2) is 44.9. The van der Waals surface area contributed by atoms with Crippen molar-refractivity contribution in [2.75, 3.05) is 26.4 Å². The summed E-state index contributed by atoms with van der Waals surface area (Å²) >= 11 is 0. The number of aliphatic hydroxyl groups excluding tert-OH is 2. The Kier molecular flexibility index (Phi) is 42.6. The highest BCUT2D eigenvalue weighted by Crippen LogP contribution is 2.43. The quantitative estimate of drug-likeness (QED) is 0.0234. The number of carbonyl (C=O) groups excluding carboxylic acids is 2. The Bertz CT molecular complexity index is 1330. The maximum Gasteiger partial charge on any atom is 0.472 e. The fraction of sp³-hybridized carbons (Fsp3) is 0.640. The van der Waals surface area contributed by atoms with E-state index in [1.807, 2.05) is 0 Å². The molecule has 3 atom stereocenters. The van der Waals surface area contributed by atoms with Crippen molar-refractivity contribution in [2.45, 2.75) is 180 Å². The van der Waals surface area contributed by atoms with Crippen LogP contribution in [0.25, 0.3) is 0 Å². The Morgan fingerprint density at radius 2 is 0.770 bits per heavy atom. The average Bonchev–Trinajstić information content (AvgIpc) is 3.25. The van der Waals surface area contributed by atoms with Gasteiger partial charge in [-0.05, 0) is 96.3 Å². The molecule has 348 valence electrons. The van der Waals surface area contributed by atoms with Crippen LogP contribution < -0.4 is 0 Å². The van der Waals surface area contributed by atoms with Gasteiger partial charge >= 0.3 is 19.8 Å². The van der Waals surface area contributed by atoms with Crippen molar-refractivity contribution in [1.29, 1.82) is 0 Å². The molecule has 0 saturated heterocycles. The molecular weight excluding hydrogens is 792 g/mol. The van der Waals surface area contributed by atoms with Crippen molar-refractivity contribution in [2.24, 2.45) is 0 Å². The third-order valence-electron chi connectivity index (χ3n) is 9.28. The largest absolute Gasteiger partial charge is 0.472 e. The number of hydrogen-bond donors (Lipinski definition) is 3. The minimum atomic E-state index is -4.66. The van der Waals surface area contributed by atoms with E-state index in [1.54, 1.807) is 0 Å². The number of rotatable bonds is 42. The number of allylic oxidation sites excluding steroid dienone is 16. The first kappa shape index (κ1) is 57.9. The summed E-state index contributed by atoms with van der Waals surface area (Å²) < 4.78 is 32.6. The molecule has 11 heteroatoms. The highest BCUT2D eigenvalue weighted by atomic mass is 31.2. The number of aliphatic hydroxyl groups is 2. The van der Waals surface area contributed by atoms with Gasteiger partial charge in [0.2, 0.25) is 0 Å². The van der Waals surface area contributed by atoms with Crippen molar-refractivity contribution in [3.8, 4) is 0 Å². The molecule has 0 aliphatic heterocycles. The molecule has 0 aliphatic carbocycles. The highest BCUT2D eigenvalue weighted by molar-refractivity contribution is 7.47. The Labute approximate surface area is 370 Å². The number of esters is 2. The molecule has 0 saturated carbocycles. The zero-order chi connectivity index (χ0) is 44.8. The van der Waals surface area contributed by atoms with Crippen LogP contribution in [0.4, 0.5) is 0 Å². The molecule has 0 radical (unpaired) electrons.